The summed E-state index contributed by atoms with van der Waals surface area (Å²) in [6.45, 7) is 3.27. The van der Waals surface area contributed by atoms with Gasteiger partial charge in [0.05, 0.1) is 11.9 Å². The number of rotatable bonds is 5. The molecule has 0 aromatic heterocycles. The summed E-state index contributed by atoms with van der Waals surface area (Å²) in [4.78, 5) is 12.3. The van der Waals surface area contributed by atoms with E-state index in [0.717, 1.165) is 25.1 Å². The molecule has 132 valence electrons. The van der Waals surface area contributed by atoms with Crippen LogP contribution in [0.2, 0.25) is 0 Å². The first kappa shape index (κ1) is 17.2. The normalized spacial score (nSPS) is 20.7. The fraction of sp³-hybridized carbons (Fsp3) is 0.588. The second-order valence-electron chi connectivity index (χ2n) is 6.69. The predicted octanol–water partition coefficient (Wildman–Crippen LogP) is 1.13. The number of benzene rings is 1. The summed E-state index contributed by atoms with van der Waals surface area (Å²) in [7, 11) is -3.25. The Labute approximate surface area is 143 Å². The van der Waals surface area contributed by atoms with Crippen molar-refractivity contribution >= 4 is 21.6 Å². The van der Waals surface area contributed by atoms with Crippen LogP contribution in [0.3, 0.4) is 0 Å². The summed E-state index contributed by atoms with van der Waals surface area (Å²) in [6.07, 6.45) is 5.29. The number of fused-ring (bicyclic) bond motifs is 1. The van der Waals surface area contributed by atoms with Crippen LogP contribution in [0.4, 0.5) is 5.69 Å². The third-order valence-electron chi connectivity index (χ3n) is 4.83. The number of nitrogens with one attached hydrogen (secondary N) is 2. The Morgan fingerprint density at radius 3 is 2.96 bits per heavy atom. The van der Waals surface area contributed by atoms with Gasteiger partial charge < -0.3 is 10.6 Å². The predicted molar refractivity (Wildman–Crippen MR) is 94.9 cm³/mol. The van der Waals surface area contributed by atoms with E-state index in [1.807, 2.05) is 6.07 Å². The Hall–Kier alpha value is -1.60. The van der Waals surface area contributed by atoms with Gasteiger partial charge in [0.2, 0.25) is 10.0 Å². The molecule has 24 heavy (non-hydrogen) atoms. The molecule has 6 nitrogen and oxygen atoms in total. The summed E-state index contributed by atoms with van der Waals surface area (Å²) in [6, 6.07) is 5.27. The zero-order valence-corrected chi connectivity index (χ0v) is 14.9. The number of hydrogen-bond donors (Lipinski definition) is 2. The molecule has 2 N–H and O–H groups in total. The molecule has 2 heterocycles. The van der Waals surface area contributed by atoms with Gasteiger partial charge >= 0.3 is 0 Å². The maximum Gasteiger partial charge on any atom is 0.251 e. The lowest BCUT2D eigenvalue weighted by atomic mass is 9.96. The van der Waals surface area contributed by atoms with Crippen molar-refractivity contribution in [2.24, 2.45) is 5.92 Å². The molecule has 2 aliphatic rings. The average molecular weight is 351 g/mol. The van der Waals surface area contributed by atoms with Crippen molar-refractivity contribution in [1.82, 2.24) is 10.6 Å². The number of hydrogen-bond acceptors (Lipinski definition) is 4. The third-order valence-corrected chi connectivity index (χ3v) is 6.01. The highest BCUT2D eigenvalue weighted by Crippen LogP contribution is 2.30. The van der Waals surface area contributed by atoms with Crippen molar-refractivity contribution in [2.75, 3.05) is 36.7 Å². The molecule has 1 aromatic rings. The van der Waals surface area contributed by atoms with Gasteiger partial charge in [-0.15, -0.1) is 0 Å². The molecule has 1 aromatic carbocycles. The molecule has 0 spiro atoms. The minimum atomic E-state index is -3.25. The smallest absolute Gasteiger partial charge is 0.251 e. The Balaban J connectivity index is 1.58. The molecular weight excluding hydrogens is 326 g/mol. The summed E-state index contributed by atoms with van der Waals surface area (Å²) in [5.41, 5.74) is 2.22. The molecule has 0 bridgehead atoms. The monoisotopic (exact) mass is 351 g/mol. The van der Waals surface area contributed by atoms with Crippen LogP contribution in [0.25, 0.3) is 0 Å². The standard InChI is InChI=1S/C17H25N3O3S/c1-24(22,23)20-10-7-14-11-15(4-5-16(14)20)17(21)19-9-6-13-3-2-8-18-12-13/h4-5,11,13,18H,2-3,6-10,12H2,1H3,(H,19,21). The number of sulfonamides is 1. The highest BCUT2D eigenvalue weighted by atomic mass is 32.2. The van der Waals surface area contributed by atoms with Gasteiger partial charge in [0.15, 0.2) is 0 Å². The summed E-state index contributed by atoms with van der Waals surface area (Å²) < 4.78 is 24.9. The van der Waals surface area contributed by atoms with E-state index in [4.69, 9.17) is 0 Å². The molecular formula is C17H25N3O3S. The van der Waals surface area contributed by atoms with Gasteiger partial charge in [-0.1, -0.05) is 0 Å². The molecule has 1 atom stereocenters. The molecule has 1 saturated heterocycles. The molecule has 0 radical (unpaired) electrons. The lowest BCUT2D eigenvalue weighted by Gasteiger charge is -2.22. The fourth-order valence-electron chi connectivity index (χ4n) is 3.52. The van der Waals surface area contributed by atoms with Gasteiger partial charge in [-0.25, -0.2) is 8.42 Å². The number of amides is 1. The largest absolute Gasteiger partial charge is 0.352 e. The van der Waals surface area contributed by atoms with E-state index in [2.05, 4.69) is 10.6 Å². The summed E-state index contributed by atoms with van der Waals surface area (Å²) in [5, 5.41) is 6.36. The number of anilines is 1. The van der Waals surface area contributed by atoms with Crippen LogP contribution in [-0.2, 0) is 16.4 Å². The van der Waals surface area contributed by atoms with Gasteiger partial charge in [0.25, 0.3) is 5.91 Å². The van der Waals surface area contributed by atoms with Crippen LogP contribution >= 0.6 is 0 Å². The number of carbonyl (C=O) groups is 1. The van der Waals surface area contributed by atoms with Crippen LogP contribution in [0.5, 0.6) is 0 Å². The van der Waals surface area contributed by atoms with Crippen LogP contribution in [0.15, 0.2) is 18.2 Å². The van der Waals surface area contributed by atoms with Crippen LogP contribution in [0, 0.1) is 5.92 Å². The van der Waals surface area contributed by atoms with Crippen molar-refractivity contribution in [2.45, 2.75) is 25.7 Å². The minimum Gasteiger partial charge on any atom is -0.352 e. The summed E-state index contributed by atoms with van der Waals surface area (Å²) >= 11 is 0. The van der Waals surface area contributed by atoms with Gasteiger partial charge in [-0.05, 0) is 68.5 Å². The number of nitrogens with zero attached hydrogens (tertiary/aromatic N) is 1. The van der Waals surface area contributed by atoms with Crippen molar-refractivity contribution < 1.29 is 13.2 Å². The molecule has 3 rings (SSSR count). The average Bonchev–Trinajstić information content (AvgIpc) is 2.99. The molecule has 0 saturated carbocycles. The van der Waals surface area contributed by atoms with E-state index in [0.29, 0.717) is 36.7 Å². The second-order valence-corrected chi connectivity index (χ2v) is 8.59. The quantitative estimate of drug-likeness (QED) is 0.833. The molecule has 1 unspecified atom stereocenters. The Bertz CT molecular complexity index is 712. The Morgan fingerprint density at radius 1 is 1.42 bits per heavy atom. The number of piperidine rings is 1. The maximum absolute atomic E-state index is 12.3. The highest BCUT2D eigenvalue weighted by Gasteiger charge is 2.26. The second kappa shape index (κ2) is 7.11. The van der Waals surface area contributed by atoms with Crippen LogP contribution in [0.1, 0.15) is 35.2 Å². The lowest BCUT2D eigenvalue weighted by Crippen LogP contribution is -2.33. The van der Waals surface area contributed by atoms with E-state index in [9.17, 15) is 13.2 Å². The Morgan fingerprint density at radius 2 is 2.25 bits per heavy atom. The van der Waals surface area contributed by atoms with E-state index in [1.54, 1.807) is 12.1 Å². The van der Waals surface area contributed by atoms with E-state index < -0.39 is 10.0 Å². The Kier molecular flexibility index (Phi) is 5.10. The van der Waals surface area contributed by atoms with Crippen LogP contribution < -0.4 is 14.9 Å². The lowest BCUT2D eigenvalue weighted by molar-refractivity contribution is 0.0950. The molecule has 2 aliphatic heterocycles. The van der Waals surface area contributed by atoms with E-state index >= 15 is 0 Å². The first-order valence-electron chi connectivity index (χ1n) is 8.55. The van der Waals surface area contributed by atoms with E-state index in [1.165, 1.54) is 23.4 Å². The minimum absolute atomic E-state index is 0.0839. The summed E-state index contributed by atoms with van der Waals surface area (Å²) in [5.74, 6) is 0.557. The van der Waals surface area contributed by atoms with Gasteiger partial charge in [-0.3, -0.25) is 9.10 Å². The first-order chi connectivity index (χ1) is 11.4. The van der Waals surface area contributed by atoms with Gasteiger partial charge in [0.1, 0.15) is 0 Å². The van der Waals surface area contributed by atoms with E-state index in [-0.39, 0.29) is 5.91 Å². The van der Waals surface area contributed by atoms with Crippen molar-refractivity contribution in [3.8, 4) is 0 Å². The molecule has 0 aliphatic carbocycles. The first-order valence-corrected chi connectivity index (χ1v) is 10.4. The van der Waals surface area contributed by atoms with Crippen molar-refractivity contribution in [3.05, 3.63) is 29.3 Å². The third kappa shape index (κ3) is 3.89. The fourth-order valence-corrected chi connectivity index (χ4v) is 4.48. The number of carbonyl (C=O) groups excluding carboxylic acids is 1. The SMILES string of the molecule is CS(=O)(=O)N1CCc2cc(C(=O)NCCC3CCCNC3)ccc21. The van der Waals surface area contributed by atoms with Crippen molar-refractivity contribution in [1.29, 1.82) is 0 Å². The maximum atomic E-state index is 12.3. The highest BCUT2D eigenvalue weighted by molar-refractivity contribution is 7.92. The molecule has 1 amide bonds. The van der Waals surface area contributed by atoms with Gasteiger partial charge in [-0.2, -0.15) is 0 Å². The topological polar surface area (TPSA) is 78.5 Å². The molecule has 1 fully saturated rings. The van der Waals surface area contributed by atoms with Gasteiger partial charge in [0, 0.05) is 18.7 Å². The molecule has 7 heteroatoms. The van der Waals surface area contributed by atoms with Crippen molar-refractivity contribution in [3.63, 3.8) is 0 Å². The zero-order chi connectivity index (χ0) is 17.2. The zero-order valence-electron chi connectivity index (χ0n) is 14.0. The van der Waals surface area contributed by atoms with Crippen LogP contribution in [-0.4, -0.2) is 46.8 Å².